The van der Waals surface area contributed by atoms with Crippen LogP contribution in [0.1, 0.15) is 29.9 Å². The molecule has 0 aliphatic rings. The Bertz CT molecular complexity index is 766. The zero-order valence-corrected chi connectivity index (χ0v) is 12.1. The molecular formula is C17H17FN2O. The fraction of sp³-hybridized carbons (Fsp3) is 0.235. The average molecular weight is 284 g/mol. The highest BCUT2D eigenvalue weighted by Crippen LogP contribution is 2.30. The van der Waals surface area contributed by atoms with Crippen molar-refractivity contribution in [1.82, 2.24) is 10.3 Å². The van der Waals surface area contributed by atoms with E-state index in [1.54, 1.807) is 12.3 Å². The van der Waals surface area contributed by atoms with Gasteiger partial charge >= 0.3 is 0 Å². The van der Waals surface area contributed by atoms with Crippen LogP contribution >= 0.6 is 0 Å². The first kappa shape index (κ1) is 13.8. The Kier molecular flexibility index (Phi) is 3.71. The molecule has 3 nitrogen and oxygen atoms in total. The van der Waals surface area contributed by atoms with Gasteiger partial charge in [0.2, 0.25) is 0 Å². The number of furan rings is 1. The number of nitrogens with zero attached hydrogens (tertiary/aromatic N) is 1. The maximum absolute atomic E-state index is 14.0. The zero-order chi connectivity index (χ0) is 14.8. The third-order valence-corrected chi connectivity index (χ3v) is 3.57. The summed E-state index contributed by atoms with van der Waals surface area (Å²) in [6, 6.07) is 9.33. The summed E-state index contributed by atoms with van der Waals surface area (Å²) in [4.78, 5) is 3.80. The Labute approximate surface area is 122 Å². The number of nitrogens with one attached hydrogen (secondary N) is 1. The van der Waals surface area contributed by atoms with Crippen LogP contribution in [0.15, 0.2) is 47.1 Å². The Morgan fingerprint density at radius 1 is 1.33 bits per heavy atom. The molecule has 0 aliphatic heterocycles. The molecule has 108 valence electrons. The van der Waals surface area contributed by atoms with Crippen LogP contribution < -0.4 is 5.32 Å². The van der Waals surface area contributed by atoms with Gasteiger partial charge in [-0.2, -0.15) is 0 Å². The number of pyridine rings is 1. The molecule has 0 amide bonds. The molecule has 2 aromatic heterocycles. The van der Waals surface area contributed by atoms with Gasteiger partial charge in [0.1, 0.15) is 17.2 Å². The predicted octanol–water partition coefficient (Wildman–Crippen LogP) is 3.97. The van der Waals surface area contributed by atoms with Crippen molar-refractivity contribution in [2.75, 3.05) is 6.54 Å². The summed E-state index contributed by atoms with van der Waals surface area (Å²) in [5.41, 5.74) is 2.47. The molecule has 3 aromatic rings. The van der Waals surface area contributed by atoms with Gasteiger partial charge in [0.15, 0.2) is 0 Å². The SMILES string of the molecule is CCNC(c1cc2cccc(C)c2o1)c1ccncc1F. The molecule has 1 unspecified atom stereocenters. The molecular weight excluding hydrogens is 267 g/mol. The van der Waals surface area contributed by atoms with E-state index in [2.05, 4.69) is 10.3 Å². The number of rotatable bonds is 4. The van der Waals surface area contributed by atoms with Gasteiger partial charge in [0.05, 0.1) is 12.2 Å². The molecule has 3 rings (SSSR count). The average Bonchev–Trinajstić information content (AvgIpc) is 2.91. The lowest BCUT2D eigenvalue weighted by Gasteiger charge is -2.16. The number of halogens is 1. The summed E-state index contributed by atoms with van der Waals surface area (Å²) in [7, 11) is 0. The summed E-state index contributed by atoms with van der Waals surface area (Å²) < 4.78 is 20.0. The summed E-state index contributed by atoms with van der Waals surface area (Å²) in [5, 5.41) is 4.30. The van der Waals surface area contributed by atoms with Gasteiger partial charge in [0, 0.05) is 17.1 Å². The van der Waals surface area contributed by atoms with Crippen molar-refractivity contribution < 1.29 is 8.81 Å². The monoisotopic (exact) mass is 284 g/mol. The van der Waals surface area contributed by atoms with Gasteiger partial charge in [0.25, 0.3) is 0 Å². The first-order chi connectivity index (χ1) is 10.2. The van der Waals surface area contributed by atoms with Crippen LogP contribution in [0, 0.1) is 12.7 Å². The van der Waals surface area contributed by atoms with Crippen molar-refractivity contribution in [3.63, 3.8) is 0 Å². The molecule has 2 heterocycles. The second kappa shape index (κ2) is 5.66. The van der Waals surface area contributed by atoms with E-state index in [9.17, 15) is 4.39 Å². The molecule has 0 aliphatic carbocycles. The van der Waals surface area contributed by atoms with Crippen molar-refractivity contribution in [2.24, 2.45) is 0 Å². The largest absolute Gasteiger partial charge is 0.459 e. The van der Waals surface area contributed by atoms with E-state index in [1.165, 1.54) is 6.20 Å². The van der Waals surface area contributed by atoms with E-state index in [4.69, 9.17) is 4.42 Å². The van der Waals surface area contributed by atoms with E-state index < -0.39 is 0 Å². The number of para-hydroxylation sites is 1. The van der Waals surface area contributed by atoms with E-state index in [-0.39, 0.29) is 11.9 Å². The third-order valence-electron chi connectivity index (χ3n) is 3.57. The topological polar surface area (TPSA) is 38.1 Å². The number of hydrogen-bond acceptors (Lipinski definition) is 3. The van der Waals surface area contributed by atoms with Crippen LogP contribution in [-0.2, 0) is 0 Å². The quantitative estimate of drug-likeness (QED) is 0.787. The van der Waals surface area contributed by atoms with Crippen molar-refractivity contribution >= 4 is 11.0 Å². The van der Waals surface area contributed by atoms with Crippen molar-refractivity contribution in [1.29, 1.82) is 0 Å². The Morgan fingerprint density at radius 3 is 2.90 bits per heavy atom. The van der Waals surface area contributed by atoms with E-state index in [0.29, 0.717) is 17.9 Å². The minimum Gasteiger partial charge on any atom is -0.459 e. The lowest BCUT2D eigenvalue weighted by atomic mass is 10.0. The summed E-state index contributed by atoms with van der Waals surface area (Å²) >= 11 is 0. The highest BCUT2D eigenvalue weighted by atomic mass is 19.1. The van der Waals surface area contributed by atoms with E-state index in [1.807, 2.05) is 38.1 Å². The molecule has 0 fully saturated rings. The fourth-order valence-electron chi connectivity index (χ4n) is 2.56. The number of benzene rings is 1. The van der Waals surface area contributed by atoms with Crippen LogP contribution in [0.2, 0.25) is 0 Å². The lowest BCUT2D eigenvalue weighted by Crippen LogP contribution is -2.22. The van der Waals surface area contributed by atoms with E-state index in [0.717, 1.165) is 16.5 Å². The molecule has 21 heavy (non-hydrogen) atoms. The Morgan fingerprint density at radius 2 is 2.19 bits per heavy atom. The zero-order valence-electron chi connectivity index (χ0n) is 12.1. The van der Waals surface area contributed by atoms with Crippen LogP contribution in [0.25, 0.3) is 11.0 Å². The van der Waals surface area contributed by atoms with Gasteiger partial charge in [-0.1, -0.05) is 25.1 Å². The molecule has 0 bridgehead atoms. The van der Waals surface area contributed by atoms with Crippen LogP contribution in [-0.4, -0.2) is 11.5 Å². The van der Waals surface area contributed by atoms with Gasteiger partial charge in [-0.25, -0.2) is 4.39 Å². The Balaban J connectivity index is 2.11. The molecule has 0 saturated heterocycles. The Hall–Kier alpha value is -2.20. The minimum atomic E-state index is -0.333. The number of aromatic nitrogens is 1. The summed E-state index contributed by atoms with van der Waals surface area (Å²) in [5.74, 6) is 0.381. The second-order valence-corrected chi connectivity index (χ2v) is 5.03. The third kappa shape index (κ3) is 2.54. The van der Waals surface area contributed by atoms with Gasteiger partial charge in [-0.05, 0) is 31.2 Å². The summed E-state index contributed by atoms with van der Waals surface area (Å²) in [6.45, 7) is 4.70. The van der Waals surface area contributed by atoms with Gasteiger partial charge in [-0.15, -0.1) is 0 Å². The molecule has 0 saturated carbocycles. The standard InChI is InChI=1S/C17H17FN2O/c1-3-20-16(13-7-8-19-10-14(13)18)15-9-12-6-4-5-11(2)17(12)21-15/h4-10,16,20H,3H2,1-2H3. The minimum absolute atomic E-state index is 0.315. The van der Waals surface area contributed by atoms with Crippen molar-refractivity contribution in [3.05, 3.63) is 65.4 Å². The van der Waals surface area contributed by atoms with Crippen molar-refractivity contribution in [3.8, 4) is 0 Å². The number of hydrogen-bond donors (Lipinski definition) is 1. The van der Waals surface area contributed by atoms with Crippen LogP contribution in [0.5, 0.6) is 0 Å². The normalized spacial score (nSPS) is 12.7. The maximum Gasteiger partial charge on any atom is 0.146 e. The molecule has 0 spiro atoms. The molecule has 4 heteroatoms. The lowest BCUT2D eigenvalue weighted by molar-refractivity contribution is 0.461. The highest BCUT2D eigenvalue weighted by molar-refractivity contribution is 5.81. The van der Waals surface area contributed by atoms with Gasteiger partial charge < -0.3 is 9.73 Å². The molecule has 1 atom stereocenters. The second-order valence-electron chi connectivity index (χ2n) is 5.03. The van der Waals surface area contributed by atoms with Gasteiger partial charge in [-0.3, -0.25) is 4.98 Å². The number of fused-ring (bicyclic) bond motifs is 1. The van der Waals surface area contributed by atoms with E-state index >= 15 is 0 Å². The highest BCUT2D eigenvalue weighted by Gasteiger charge is 2.21. The maximum atomic E-state index is 14.0. The molecule has 0 radical (unpaired) electrons. The van der Waals surface area contributed by atoms with Crippen molar-refractivity contribution in [2.45, 2.75) is 19.9 Å². The van der Waals surface area contributed by atoms with Crippen LogP contribution in [0.3, 0.4) is 0 Å². The smallest absolute Gasteiger partial charge is 0.146 e. The fourth-order valence-corrected chi connectivity index (χ4v) is 2.56. The summed E-state index contributed by atoms with van der Waals surface area (Å²) in [6.07, 6.45) is 2.82. The number of aryl methyl sites for hydroxylation is 1. The molecule has 1 N–H and O–H groups in total. The first-order valence-corrected chi connectivity index (χ1v) is 7.02. The van der Waals surface area contributed by atoms with Crippen LogP contribution in [0.4, 0.5) is 4.39 Å². The molecule has 1 aromatic carbocycles. The first-order valence-electron chi connectivity index (χ1n) is 7.02. The predicted molar refractivity (Wildman–Crippen MR) is 80.7 cm³/mol.